The van der Waals surface area contributed by atoms with Crippen LogP contribution in [0, 0.1) is 5.92 Å². The Morgan fingerprint density at radius 3 is 3.06 bits per heavy atom. The van der Waals surface area contributed by atoms with Gasteiger partial charge in [0.25, 0.3) is 0 Å². The number of primary amides is 1. The summed E-state index contributed by atoms with van der Waals surface area (Å²) < 4.78 is 11.3. The van der Waals surface area contributed by atoms with Crippen LogP contribution in [0.15, 0.2) is 36.4 Å². The topological polar surface area (TPSA) is 61.6 Å². The molecule has 1 aromatic carbocycles. The molecule has 2 N–H and O–H groups in total. The van der Waals surface area contributed by atoms with Gasteiger partial charge in [0.05, 0.1) is 6.61 Å². The quantitative estimate of drug-likeness (QED) is 0.772. The van der Waals surface area contributed by atoms with Crippen LogP contribution in [-0.2, 0) is 10.3 Å². The molecule has 0 bridgehead atoms. The number of ether oxygens (including phenoxy) is 2. The summed E-state index contributed by atoms with van der Waals surface area (Å²) in [7, 11) is 0. The summed E-state index contributed by atoms with van der Waals surface area (Å²) in [6, 6.07) is 7.68. The van der Waals surface area contributed by atoms with Gasteiger partial charge in [-0.2, -0.15) is 0 Å². The first-order valence-electron chi connectivity index (χ1n) is 6.08. The van der Waals surface area contributed by atoms with Gasteiger partial charge in [0.15, 0.2) is 5.60 Å². The zero-order valence-electron chi connectivity index (χ0n) is 9.96. The van der Waals surface area contributed by atoms with Crippen LogP contribution in [0.1, 0.15) is 18.4 Å². The number of amides is 1. The van der Waals surface area contributed by atoms with Gasteiger partial charge < -0.3 is 15.2 Å². The van der Waals surface area contributed by atoms with E-state index in [1.54, 1.807) is 0 Å². The highest BCUT2D eigenvalue weighted by molar-refractivity contribution is 5.66. The number of hydrogen-bond donors (Lipinski definition) is 1. The van der Waals surface area contributed by atoms with E-state index in [2.05, 4.69) is 6.08 Å². The van der Waals surface area contributed by atoms with Crippen LogP contribution in [0.25, 0.3) is 0 Å². The van der Waals surface area contributed by atoms with Crippen molar-refractivity contribution < 1.29 is 14.3 Å². The third kappa shape index (κ3) is 1.56. The summed E-state index contributed by atoms with van der Waals surface area (Å²) in [4.78, 5) is 11.3. The van der Waals surface area contributed by atoms with Crippen molar-refractivity contribution in [2.24, 2.45) is 11.7 Å². The molecular formula is C14H15NO3. The standard InChI is InChI=1S/C14H15NO3/c15-13(16)18-14-8-4-3-5-10(14)9-17-12-7-2-1-6-11(12)14/h1-4,6-7,10H,5,8-9H2,(H2,15,16). The van der Waals surface area contributed by atoms with Crippen LogP contribution in [0.2, 0.25) is 0 Å². The summed E-state index contributed by atoms with van der Waals surface area (Å²) in [5.41, 5.74) is 5.52. The molecule has 0 saturated carbocycles. The molecular weight excluding hydrogens is 230 g/mol. The fourth-order valence-corrected chi connectivity index (χ4v) is 2.90. The molecule has 0 fully saturated rings. The maximum atomic E-state index is 11.3. The smallest absolute Gasteiger partial charge is 0.405 e. The first-order chi connectivity index (χ1) is 8.72. The lowest BCUT2D eigenvalue weighted by molar-refractivity contribution is -0.0663. The first-order valence-corrected chi connectivity index (χ1v) is 6.08. The van der Waals surface area contributed by atoms with E-state index in [0.29, 0.717) is 13.0 Å². The number of carbonyl (C=O) groups is 1. The van der Waals surface area contributed by atoms with Crippen LogP contribution in [0.3, 0.4) is 0 Å². The maximum Gasteiger partial charge on any atom is 0.405 e. The molecule has 1 aliphatic carbocycles. The van der Waals surface area contributed by atoms with Crippen molar-refractivity contribution in [2.75, 3.05) is 6.61 Å². The van der Waals surface area contributed by atoms with Gasteiger partial charge in [-0.1, -0.05) is 30.4 Å². The monoisotopic (exact) mass is 245 g/mol. The zero-order chi connectivity index (χ0) is 12.6. The molecule has 2 atom stereocenters. The fourth-order valence-electron chi connectivity index (χ4n) is 2.90. The molecule has 0 saturated heterocycles. The van der Waals surface area contributed by atoms with E-state index >= 15 is 0 Å². The molecule has 18 heavy (non-hydrogen) atoms. The molecule has 3 rings (SSSR count). The average molecular weight is 245 g/mol. The largest absolute Gasteiger partial charge is 0.493 e. The van der Waals surface area contributed by atoms with E-state index in [0.717, 1.165) is 17.7 Å². The predicted molar refractivity (Wildman–Crippen MR) is 66.1 cm³/mol. The SMILES string of the molecule is NC(=O)OC12CC=CCC1COc1ccccc12. The minimum atomic E-state index is -0.730. The van der Waals surface area contributed by atoms with E-state index in [4.69, 9.17) is 15.2 Å². The Kier molecular flexibility index (Phi) is 2.51. The average Bonchev–Trinajstić information content (AvgIpc) is 2.38. The van der Waals surface area contributed by atoms with E-state index in [1.165, 1.54) is 0 Å². The number of para-hydroxylation sites is 1. The van der Waals surface area contributed by atoms with Crippen LogP contribution in [-0.4, -0.2) is 12.7 Å². The molecule has 1 amide bonds. The third-order valence-corrected chi connectivity index (χ3v) is 3.73. The molecule has 4 heteroatoms. The molecule has 94 valence electrons. The molecule has 0 spiro atoms. The maximum absolute atomic E-state index is 11.3. The molecule has 1 aliphatic heterocycles. The number of benzene rings is 1. The Hall–Kier alpha value is -1.97. The lowest BCUT2D eigenvalue weighted by atomic mass is 9.73. The van der Waals surface area contributed by atoms with Gasteiger partial charge >= 0.3 is 6.09 Å². The highest BCUT2D eigenvalue weighted by Gasteiger charge is 2.48. The molecule has 0 aromatic heterocycles. The zero-order valence-corrected chi connectivity index (χ0v) is 9.96. The second-order valence-corrected chi connectivity index (χ2v) is 4.73. The van der Waals surface area contributed by atoms with Gasteiger partial charge in [-0.05, 0) is 12.5 Å². The van der Waals surface area contributed by atoms with E-state index in [1.807, 2.05) is 30.3 Å². The summed E-state index contributed by atoms with van der Waals surface area (Å²) in [6.07, 6.45) is 4.90. The highest BCUT2D eigenvalue weighted by Crippen LogP contribution is 2.48. The Balaban J connectivity index is 2.13. The van der Waals surface area contributed by atoms with E-state index in [9.17, 15) is 4.79 Å². The van der Waals surface area contributed by atoms with Gasteiger partial charge in [0, 0.05) is 17.9 Å². The summed E-state index contributed by atoms with van der Waals surface area (Å²) in [6.45, 7) is 0.550. The molecule has 0 radical (unpaired) electrons. The van der Waals surface area contributed by atoms with Gasteiger partial charge in [-0.25, -0.2) is 4.79 Å². The van der Waals surface area contributed by atoms with Crippen LogP contribution >= 0.6 is 0 Å². The van der Waals surface area contributed by atoms with Crippen LogP contribution in [0.5, 0.6) is 5.75 Å². The van der Waals surface area contributed by atoms with Crippen molar-refractivity contribution in [2.45, 2.75) is 18.4 Å². The van der Waals surface area contributed by atoms with Gasteiger partial charge in [-0.3, -0.25) is 0 Å². The van der Waals surface area contributed by atoms with Crippen LogP contribution in [0.4, 0.5) is 4.79 Å². The summed E-state index contributed by atoms with van der Waals surface area (Å²) >= 11 is 0. The lowest BCUT2D eigenvalue weighted by Crippen LogP contribution is -2.47. The molecule has 2 aliphatic rings. The minimum Gasteiger partial charge on any atom is -0.493 e. The van der Waals surface area contributed by atoms with E-state index < -0.39 is 11.7 Å². The van der Waals surface area contributed by atoms with Crippen LogP contribution < -0.4 is 10.5 Å². The van der Waals surface area contributed by atoms with Crippen molar-refractivity contribution in [3.63, 3.8) is 0 Å². The number of nitrogens with two attached hydrogens (primary N) is 1. The summed E-state index contributed by atoms with van der Waals surface area (Å²) in [5.74, 6) is 0.912. The molecule has 1 heterocycles. The van der Waals surface area contributed by atoms with Crippen molar-refractivity contribution >= 4 is 6.09 Å². The molecule has 4 nitrogen and oxygen atoms in total. The first kappa shape index (κ1) is 11.1. The summed E-state index contributed by atoms with van der Waals surface area (Å²) in [5, 5.41) is 0. The Labute approximate surface area is 105 Å². The van der Waals surface area contributed by atoms with Crippen molar-refractivity contribution in [3.8, 4) is 5.75 Å². The third-order valence-electron chi connectivity index (χ3n) is 3.73. The van der Waals surface area contributed by atoms with Gasteiger partial charge in [0.1, 0.15) is 5.75 Å². The Bertz CT molecular complexity index is 512. The lowest BCUT2D eigenvalue weighted by Gasteiger charge is -2.44. The number of carbonyl (C=O) groups excluding carboxylic acids is 1. The fraction of sp³-hybridized carbons (Fsp3) is 0.357. The van der Waals surface area contributed by atoms with E-state index in [-0.39, 0.29) is 5.92 Å². The van der Waals surface area contributed by atoms with Crippen molar-refractivity contribution in [1.82, 2.24) is 0 Å². The van der Waals surface area contributed by atoms with Crippen molar-refractivity contribution in [1.29, 1.82) is 0 Å². The highest BCUT2D eigenvalue weighted by atomic mass is 16.6. The van der Waals surface area contributed by atoms with Crippen molar-refractivity contribution in [3.05, 3.63) is 42.0 Å². The van der Waals surface area contributed by atoms with Gasteiger partial charge in [0.2, 0.25) is 0 Å². The van der Waals surface area contributed by atoms with Gasteiger partial charge in [-0.15, -0.1) is 0 Å². The predicted octanol–water partition coefficient (Wildman–Crippen LogP) is 2.34. The second kappa shape index (κ2) is 4.05. The number of allylic oxidation sites excluding steroid dienone is 1. The Morgan fingerprint density at radius 2 is 2.22 bits per heavy atom. The number of rotatable bonds is 1. The normalized spacial score (nSPS) is 28.8. The molecule has 2 unspecified atom stereocenters. The molecule has 1 aromatic rings. The Morgan fingerprint density at radius 1 is 1.39 bits per heavy atom. The second-order valence-electron chi connectivity index (χ2n) is 4.73. The minimum absolute atomic E-state index is 0.130. The number of fused-ring (bicyclic) bond motifs is 3. The number of hydrogen-bond acceptors (Lipinski definition) is 3.